The van der Waals surface area contributed by atoms with Gasteiger partial charge in [0.25, 0.3) is 0 Å². The third kappa shape index (κ3) is 5.36. The van der Waals surface area contributed by atoms with Crippen molar-refractivity contribution in [1.29, 1.82) is 0 Å². The number of benzene rings is 6. The lowest BCUT2D eigenvalue weighted by Crippen LogP contribution is -2.29. The van der Waals surface area contributed by atoms with Crippen LogP contribution in [0.5, 0.6) is 5.75 Å². The van der Waals surface area contributed by atoms with Gasteiger partial charge in [0.05, 0.1) is 0 Å². The first kappa shape index (κ1) is 28.5. The molecule has 47 heavy (non-hydrogen) atoms. The highest BCUT2D eigenvalue weighted by molar-refractivity contribution is 5.89. The second kappa shape index (κ2) is 11.5. The smallest absolute Gasteiger partial charge is 0.164 e. The van der Waals surface area contributed by atoms with E-state index in [2.05, 4.69) is 68.4 Å². The normalized spacial score (nSPS) is 12.9. The van der Waals surface area contributed by atoms with Crippen LogP contribution in [-0.2, 0) is 5.60 Å². The summed E-state index contributed by atoms with van der Waals surface area (Å²) in [6.45, 7) is 4.17. The van der Waals surface area contributed by atoms with Gasteiger partial charge < -0.3 is 4.74 Å². The number of halogens is 1. The minimum absolute atomic E-state index is 0.320. The van der Waals surface area contributed by atoms with E-state index in [9.17, 15) is 4.39 Å². The molecular weight excluding hydrogens is 581 g/mol. The molecule has 1 aromatic heterocycles. The second-order valence-electron chi connectivity index (χ2n) is 12.2. The fourth-order valence-corrected chi connectivity index (χ4v) is 6.34. The average Bonchev–Trinajstić information content (AvgIpc) is 3.12. The van der Waals surface area contributed by atoms with Crippen molar-refractivity contribution < 1.29 is 9.13 Å². The topological polar surface area (TPSA) is 47.9 Å². The zero-order valence-corrected chi connectivity index (χ0v) is 26.0. The van der Waals surface area contributed by atoms with Crippen molar-refractivity contribution >= 4 is 0 Å². The van der Waals surface area contributed by atoms with Crippen LogP contribution < -0.4 is 4.74 Å². The molecule has 0 N–H and O–H groups in total. The number of hydrogen-bond acceptors (Lipinski definition) is 4. The Hall–Kier alpha value is -5.94. The summed E-state index contributed by atoms with van der Waals surface area (Å²) in [7, 11) is 0. The SMILES string of the molecule is CC1(C)Oc2cccc(-c3nc(-c4ccc(F)cc4)nc(-c4cc(-c5ccccc5)cc(-c5ccccc5)c4)n3)c2-c2ccccc21. The van der Waals surface area contributed by atoms with Crippen LogP contribution in [0.4, 0.5) is 4.39 Å². The first-order valence-electron chi connectivity index (χ1n) is 15.6. The van der Waals surface area contributed by atoms with E-state index >= 15 is 0 Å². The predicted octanol–water partition coefficient (Wildman–Crippen LogP) is 10.6. The van der Waals surface area contributed by atoms with Crippen molar-refractivity contribution in [3.63, 3.8) is 0 Å². The Morgan fingerprint density at radius 2 is 1.00 bits per heavy atom. The molecule has 8 rings (SSSR count). The average molecular weight is 612 g/mol. The van der Waals surface area contributed by atoms with E-state index < -0.39 is 5.60 Å². The van der Waals surface area contributed by atoms with Crippen molar-refractivity contribution in [3.05, 3.63) is 157 Å². The van der Waals surface area contributed by atoms with Gasteiger partial charge >= 0.3 is 0 Å². The van der Waals surface area contributed by atoms with Crippen molar-refractivity contribution in [2.24, 2.45) is 0 Å². The molecule has 0 amide bonds. The van der Waals surface area contributed by atoms with Gasteiger partial charge in [-0.3, -0.25) is 0 Å². The molecule has 0 fully saturated rings. The summed E-state index contributed by atoms with van der Waals surface area (Å²) in [5.74, 6) is 1.94. The summed E-state index contributed by atoms with van der Waals surface area (Å²) in [6, 6.07) is 47.6. The lowest BCUT2D eigenvalue weighted by atomic mass is 9.84. The molecule has 7 aromatic rings. The number of fused-ring (bicyclic) bond motifs is 3. The molecule has 226 valence electrons. The van der Waals surface area contributed by atoms with E-state index in [1.807, 2.05) is 66.7 Å². The van der Waals surface area contributed by atoms with E-state index in [1.54, 1.807) is 12.1 Å². The van der Waals surface area contributed by atoms with Gasteiger partial charge in [-0.15, -0.1) is 0 Å². The van der Waals surface area contributed by atoms with Gasteiger partial charge in [0, 0.05) is 27.8 Å². The fourth-order valence-electron chi connectivity index (χ4n) is 6.34. The van der Waals surface area contributed by atoms with E-state index in [4.69, 9.17) is 19.7 Å². The van der Waals surface area contributed by atoms with Crippen molar-refractivity contribution in [1.82, 2.24) is 15.0 Å². The largest absolute Gasteiger partial charge is 0.482 e. The molecule has 0 bridgehead atoms. The summed E-state index contributed by atoms with van der Waals surface area (Å²) >= 11 is 0. The predicted molar refractivity (Wildman–Crippen MR) is 186 cm³/mol. The number of aromatic nitrogens is 3. The maximum Gasteiger partial charge on any atom is 0.164 e. The Balaban J connectivity index is 1.38. The highest BCUT2D eigenvalue weighted by Gasteiger charge is 2.34. The molecule has 0 saturated heterocycles. The molecule has 0 atom stereocenters. The minimum atomic E-state index is -0.503. The molecule has 5 heteroatoms. The first-order valence-corrected chi connectivity index (χ1v) is 15.6. The van der Waals surface area contributed by atoms with Crippen LogP contribution in [0.25, 0.3) is 67.5 Å². The summed E-state index contributed by atoms with van der Waals surface area (Å²) in [4.78, 5) is 15.2. The second-order valence-corrected chi connectivity index (χ2v) is 12.2. The Bertz CT molecular complexity index is 2190. The van der Waals surface area contributed by atoms with E-state index in [-0.39, 0.29) is 5.82 Å². The van der Waals surface area contributed by atoms with Gasteiger partial charge in [0.1, 0.15) is 17.2 Å². The number of nitrogens with zero attached hydrogens (tertiary/aromatic N) is 3. The lowest BCUT2D eigenvalue weighted by molar-refractivity contribution is 0.106. The molecule has 1 aliphatic rings. The van der Waals surface area contributed by atoms with E-state index in [1.165, 1.54) is 12.1 Å². The van der Waals surface area contributed by atoms with Gasteiger partial charge in [-0.05, 0) is 90.2 Å². The number of ether oxygens (including phenoxy) is 1. The van der Waals surface area contributed by atoms with Gasteiger partial charge in [-0.2, -0.15) is 0 Å². The Morgan fingerprint density at radius 1 is 0.468 bits per heavy atom. The molecule has 6 aromatic carbocycles. The zero-order valence-electron chi connectivity index (χ0n) is 26.0. The van der Waals surface area contributed by atoms with Gasteiger partial charge in [0.15, 0.2) is 17.5 Å². The van der Waals surface area contributed by atoms with E-state index in [0.29, 0.717) is 23.0 Å². The minimum Gasteiger partial charge on any atom is -0.482 e. The quantitative estimate of drug-likeness (QED) is 0.194. The molecular formula is C42H30FN3O. The third-order valence-electron chi connectivity index (χ3n) is 8.62. The molecule has 0 unspecified atom stereocenters. The summed E-state index contributed by atoms with van der Waals surface area (Å²) in [6.07, 6.45) is 0. The molecule has 0 saturated carbocycles. The fraction of sp³-hybridized carbons (Fsp3) is 0.0714. The molecule has 1 aliphatic heterocycles. The third-order valence-corrected chi connectivity index (χ3v) is 8.62. The molecule has 0 radical (unpaired) electrons. The van der Waals surface area contributed by atoms with Gasteiger partial charge in [-0.25, -0.2) is 19.3 Å². The van der Waals surface area contributed by atoms with Crippen LogP contribution in [0.3, 0.4) is 0 Å². The zero-order chi connectivity index (χ0) is 32.0. The summed E-state index contributed by atoms with van der Waals surface area (Å²) < 4.78 is 20.6. The van der Waals surface area contributed by atoms with Gasteiger partial charge in [0.2, 0.25) is 0 Å². The number of rotatable bonds is 5. The Labute approximate surface area is 273 Å². The van der Waals surface area contributed by atoms with E-state index in [0.717, 1.165) is 55.8 Å². The van der Waals surface area contributed by atoms with Crippen molar-refractivity contribution in [2.45, 2.75) is 19.4 Å². The molecule has 0 spiro atoms. The highest BCUT2D eigenvalue weighted by atomic mass is 19.1. The maximum absolute atomic E-state index is 14.0. The lowest BCUT2D eigenvalue weighted by Gasteiger charge is -2.35. The molecule has 0 aliphatic carbocycles. The van der Waals surface area contributed by atoms with Crippen LogP contribution in [0.1, 0.15) is 19.4 Å². The van der Waals surface area contributed by atoms with Crippen molar-refractivity contribution in [2.75, 3.05) is 0 Å². The molecule has 4 nitrogen and oxygen atoms in total. The summed E-state index contributed by atoms with van der Waals surface area (Å²) in [5, 5.41) is 0. The highest BCUT2D eigenvalue weighted by Crippen LogP contribution is 2.49. The Morgan fingerprint density at radius 3 is 1.66 bits per heavy atom. The van der Waals surface area contributed by atoms with Crippen LogP contribution in [-0.4, -0.2) is 15.0 Å². The number of hydrogen-bond donors (Lipinski definition) is 0. The maximum atomic E-state index is 14.0. The van der Waals surface area contributed by atoms with Crippen LogP contribution in [0.15, 0.2) is 146 Å². The van der Waals surface area contributed by atoms with Gasteiger partial charge in [-0.1, -0.05) is 97.1 Å². The Kier molecular flexibility index (Phi) is 6.95. The molecule has 2 heterocycles. The van der Waals surface area contributed by atoms with Crippen LogP contribution in [0.2, 0.25) is 0 Å². The standard InChI is InChI=1S/C42H30FN3O/c1-42(2)36-18-10-9-16-34(36)38-35(17-11-19-37(38)47-42)41-45-39(29-20-22-33(43)23-21-29)44-40(46-41)32-25-30(27-12-5-3-6-13-27)24-31(26-32)28-14-7-4-8-15-28/h3-26H,1-2H3. The first-order chi connectivity index (χ1) is 22.9. The van der Waals surface area contributed by atoms with Crippen LogP contribution >= 0.6 is 0 Å². The summed E-state index contributed by atoms with van der Waals surface area (Å²) in [5.41, 5.74) is 9.27. The monoisotopic (exact) mass is 611 g/mol. The van der Waals surface area contributed by atoms with Crippen molar-refractivity contribution in [3.8, 4) is 73.3 Å². The van der Waals surface area contributed by atoms with Crippen LogP contribution in [0, 0.1) is 5.82 Å².